The molecule has 0 saturated heterocycles. The lowest BCUT2D eigenvalue weighted by Crippen LogP contribution is -2.07. The first-order valence-electron chi connectivity index (χ1n) is 5.18. The molecule has 0 amide bonds. The third-order valence-electron chi connectivity index (χ3n) is 2.36. The number of carboxylic acid groups (broad SMARTS) is 1. The molecule has 0 radical (unpaired) electrons. The molecule has 0 bridgehead atoms. The summed E-state index contributed by atoms with van der Waals surface area (Å²) in [5.74, 6) is -0.537. The molecule has 0 aromatic heterocycles. The number of benzene rings is 1. The van der Waals surface area contributed by atoms with E-state index in [1.54, 1.807) is 12.1 Å². The van der Waals surface area contributed by atoms with Crippen LogP contribution in [0.25, 0.3) is 0 Å². The fourth-order valence-corrected chi connectivity index (χ4v) is 1.29. The van der Waals surface area contributed by atoms with Crippen LogP contribution in [0, 0.1) is 6.92 Å². The zero-order valence-electron chi connectivity index (χ0n) is 9.62. The van der Waals surface area contributed by atoms with Crippen LogP contribution >= 0.6 is 0 Å². The van der Waals surface area contributed by atoms with Gasteiger partial charge in [0.25, 0.3) is 0 Å². The van der Waals surface area contributed by atoms with Crippen LogP contribution in [0.3, 0.4) is 0 Å². The van der Waals surface area contributed by atoms with E-state index >= 15 is 0 Å². The standard InChI is InChI=1S/C13H16O3/c1-4-9(2)8-16-12-10(3)6-5-7-11(12)13(14)15/h5-7H,2,4,8H2,1,3H3,(H,14,15). The molecule has 86 valence electrons. The second kappa shape index (κ2) is 5.35. The van der Waals surface area contributed by atoms with Crippen molar-refractivity contribution in [3.05, 3.63) is 41.5 Å². The number of hydrogen-bond acceptors (Lipinski definition) is 2. The molecule has 1 aromatic rings. The smallest absolute Gasteiger partial charge is 0.339 e. The van der Waals surface area contributed by atoms with Gasteiger partial charge in [0, 0.05) is 0 Å². The van der Waals surface area contributed by atoms with Crippen molar-refractivity contribution in [1.82, 2.24) is 0 Å². The third-order valence-corrected chi connectivity index (χ3v) is 2.36. The summed E-state index contributed by atoms with van der Waals surface area (Å²) >= 11 is 0. The van der Waals surface area contributed by atoms with Gasteiger partial charge < -0.3 is 9.84 Å². The minimum atomic E-state index is -0.971. The van der Waals surface area contributed by atoms with Gasteiger partial charge >= 0.3 is 5.97 Å². The Labute approximate surface area is 95.4 Å². The van der Waals surface area contributed by atoms with E-state index in [9.17, 15) is 4.79 Å². The Bertz CT molecular complexity index is 408. The van der Waals surface area contributed by atoms with Crippen molar-refractivity contribution >= 4 is 5.97 Å². The van der Waals surface area contributed by atoms with E-state index in [0.717, 1.165) is 17.6 Å². The minimum Gasteiger partial charge on any atom is -0.488 e. The van der Waals surface area contributed by atoms with Gasteiger partial charge in [-0.05, 0) is 30.5 Å². The maximum absolute atomic E-state index is 11.0. The molecule has 0 spiro atoms. The number of ether oxygens (including phenoxy) is 1. The summed E-state index contributed by atoms with van der Waals surface area (Å²) < 4.78 is 5.50. The molecule has 0 aliphatic heterocycles. The first-order valence-corrected chi connectivity index (χ1v) is 5.18. The van der Waals surface area contributed by atoms with Crippen LogP contribution in [0.5, 0.6) is 5.75 Å². The lowest BCUT2D eigenvalue weighted by Gasteiger charge is -2.12. The van der Waals surface area contributed by atoms with Gasteiger partial charge in [-0.3, -0.25) is 0 Å². The largest absolute Gasteiger partial charge is 0.488 e. The zero-order valence-corrected chi connectivity index (χ0v) is 9.62. The SMILES string of the molecule is C=C(CC)COc1c(C)cccc1C(=O)O. The van der Waals surface area contributed by atoms with Gasteiger partial charge in [0.05, 0.1) is 0 Å². The minimum absolute atomic E-state index is 0.198. The van der Waals surface area contributed by atoms with Crippen molar-refractivity contribution in [2.75, 3.05) is 6.61 Å². The van der Waals surface area contributed by atoms with E-state index in [0.29, 0.717) is 12.4 Å². The molecule has 1 aromatic carbocycles. The van der Waals surface area contributed by atoms with Gasteiger partial charge in [-0.25, -0.2) is 4.79 Å². The van der Waals surface area contributed by atoms with Crippen LogP contribution in [0.2, 0.25) is 0 Å². The highest BCUT2D eigenvalue weighted by Crippen LogP contribution is 2.23. The molecule has 16 heavy (non-hydrogen) atoms. The molecule has 1 N–H and O–H groups in total. The maximum atomic E-state index is 11.0. The van der Waals surface area contributed by atoms with E-state index in [2.05, 4.69) is 6.58 Å². The van der Waals surface area contributed by atoms with Gasteiger partial charge in [-0.15, -0.1) is 0 Å². The zero-order chi connectivity index (χ0) is 12.1. The number of carboxylic acids is 1. The lowest BCUT2D eigenvalue weighted by atomic mass is 10.1. The summed E-state index contributed by atoms with van der Waals surface area (Å²) in [6.45, 7) is 8.00. The Morgan fingerprint density at radius 1 is 1.50 bits per heavy atom. The summed E-state index contributed by atoms with van der Waals surface area (Å²) in [5.41, 5.74) is 1.97. The highest BCUT2D eigenvalue weighted by atomic mass is 16.5. The van der Waals surface area contributed by atoms with E-state index < -0.39 is 5.97 Å². The number of para-hydroxylation sites is 1. The van der Waals surface area contributed by atoms with Crippen molar-refractivity contribution < 1.29 is 14.6 Å². The molecule has 0 aliphatic rings. The molecule has 0 heterocycles. The predicted molar refractivity (Wildman–Crippen MR) is 63.1 cm³/mol. The molecule has 0 aliphatic carbocycles. The number of aromatic carboxylic acids is 1. The molecule has 0 saturated carbocycles. The predicted octanol–water partition coefficient (Wildman–Crippen LogP) is 3.04. The molecular weight excluding hydrogens is 204 g/mol. The van der Waals surface area contributed by atoms with Crippen LogP contribution in [0.1, 0.15) is 29.3 Å². The first-order chi connectivity index (χ1) is 7.56. The van der Waals surface area contributed by atoms with Gasteiger partial charge in [0.15, 0.2) is 0 Å². The summed E-state index contributed by atoms with van der Waals surface area (Å²) in [6.07, 6.45) is 0.828. The quantitative estimate of drug-likeness (QED) is 0.776. The molecule has 0 atom stereocenters. The van der Waals surface area contributed by atoms with Crippen LogP contribution in [0.15, 0.2) is 30.4 Å². The van der Waals surface area contributed by atoms with Crippen molar-refractivity contribution in [2.24, 2.45) is 0 Å². The van der Waals surface area contributed by atoms with Crippen LogP contribution in [-0.2, 0) is 0 Å². The molecular formula is C13H16O3. The Morgan fingerprint density at radius 3 is 2.75 bits per heavy atom. The van der Waals surface area contributed by atoms with Crippen molar-refractivity contribution in [1.29, 1.82) is 0 Å². The van der Waals surface area contributed by atoms with Gasteiger partial charge in [-0.1, -0.05) is 25.6 Å². The summed E-state index contributed by atoms with van der Waals surface area (Å²) in [7, 11) is 0. The van der Waals surface area contributed by atoms with E-state index in [4.69, 9.17) is 9.84 Å². The number of aryl methyl sites for hydroxylation is 1. The second-order valence-electron chi connectivity index (χ2n) is 3.65. The molecule has 0 unspecified atom stereocenters. The van der Waals surface area contributed by atoms with Crippen molar-refractivity contribution in [3.8, 4) is 5.75 Å². The fraction of sp³-hybridized carbons (Fsp3) is 0.308. The fourth-order valence-electron chi connectivity index (χ4n) is 1.29. The van der Waals surface area contributed by atoms with Crippen LogP contribution in [0.4, 0.5) is 0 Å². The van der Waals surface area contributed by atoms with E-state index in [-0.39, 0.29) is 5.56 Å². The number of carbonyl (C=O) groups is 1. The third kappa shape index (κ3) is 2.86. The number of hydrogen-bond donors (Lipinski definition) is 1. The van der Waals surface area contributed by atoms with Crippen molar-refractivity contribution in [3.63, 3.8) is 0 Å². The van der Waals surface area contributed by atoms with E-state index in [1.165, 1.54) is 0 Å². The first kappa shape index (κ1) is 12.3. The average molecular weight is 220 g/mol. The molecule has 0 fully saturated rings. The molecule has 3 nitrogen and oxygen atoms in total. The monoisotopic (exact) mass is 220 g/mol. The van der Waals surface area contributed by atoms with Gasteiger partial charge in [0.2, 0.25) is 0 Å². The summed E-state index contributed by atoms with van der Waals surface area (Å²) in [6, 6.07) is 5.08. The number of rotatable bonds is 5. The summed E-state index contributed by atoms with van der Waals surface area (Å²) in [4.78, 5) is 11.0. The van der Waals surface area contributed by atoms with Crippen LogP contribution in [-0.4, -0.2) is 17.7 Å². The normalized spacial score (nSPS) is 9.88. The Kier molecular flexibility index (Phi) is 4.11. The molecule has 3 heteroatoms. The maximum Gasteiger partial charge on any atom is 0.339 e. The van der Waals surface area contributed by atoms with Crippen LogP contribution < -0.4 is 4.74 Å². The van der Waals surface area contributed by atoms with Gasteiger partial charge in [0.1, 0.15) is 17.9 Å². The average Bonchev–Trinajstić information content (AvgIpc) is 2.26. The summed E-state index contributed by atoms with van der Waals surface area (Å²) in [5, 5.41) is 9.01. The van der Waals surface area contributed by atoms with E-state index in [1.807, 2.05) is 19.9 Å². The highest BCUT2D eigenvalue weighted by molar-refractivity contribution is 5.91. The lowest BCUT2D eigenvalue weighted by molar-refractivity contribution is 0.0692. The highest BCUT2D eigenvalue weighted by Gasteiger charge is 2.13. The second-order valence-corrected chi connectivity index (χ2v) is 3.65. The van der Waals surface area contributed by atoms with Crippen molar-refractivity contribution in [2.45, 2.75) is 20.3 Å². The Balaban J connectivity index is 2.93. The Morgan fingerprint density at radius 2 is 2.19 bits per heavy atom. The van der Waals surface area contributed by atoms with Gasteiger partial charge in [-0.2, -0.15) is 0 Å². The molecule has 1 rings (SSSR count). The Hall–Kier alpha value is -1.77. The topological polar surface area (TPSA) is 46.5 Å².